The first-order chi connectivity index (χ1) is 11.4. The number of nitrogens with one attached hydrogen (secondary N) is 1. The lowest BCUT2D eigenvalue weighted by molar-refractivity contribution is -0.384. The van der Waals surface area contributed by atoms with E-state index in [1.807, 2.05) is 6.92 Å². The minimum atomic E-state index is -0.467. The number of amides is 1. The van der Waals surface area contributed by atoms with Crippen LogP contribution in [0.4, 0.5) is 11.5 Å². The van der Waals surface area contributed by atoms with Crippen LogP contribution in [0.1, 0.15) is 21.1 Å². The molecular weight excluding hydrogens is 330 g/mol. The second-order valence-corrected chi connectivity index (χ2v) is 6.14. The molecule has 0 spiro atoms. The first-order valence-corrected chi connectivity index (χ1v) is 7.77. The first kappa shape index (κ1) is 15.8. The Morgan fingerprint density at radius 3 is 2.54 bits per heavy atom. The minimum absolute atomic E-state index is 0.00818. The molecule has 1 amide bonds. The van der Waals surface area contributed by atoms with E-state index in [9.17, 15) is 14.9 Å². The van der Waals surface area contributed by atoms with Gasteiger partial charge in [0.15, 0.2) is 0 Å². The predicted octanol–water partition coefficient (Wildman–Crippen LogP) is 3.11. The zero-order valence-corrected chi connectivity index (χ0v) is 13.7. The lowest BCUT2D eigenvalue weighted by atomic mass is 10.3. The van der Waals surface area contributed by atoms with Gasteiger partial charge in [-0.1, -0.05) is 0 Å². The van der Waals surface area contributed by atoms with E-state index in [1.54, 1.807) is 31.2 Å². The second kappa shape index (κ2) is 6.20. The third kappa shape index (κ3) is 3.15. The number of aryl methyl sites for hydroxylation is 2. The van der Waals surface area contributed by atoms with E-state index >= 15 is 0 Å². The van der Waals surface area contributed by atoms with Crippen molar-refractivity contribution in [2.75, 3.05) is 5.32 Å². The number of benzene rings is 1. The highest BCUT2D eigenvalue weighted by atomic mass is 32.1. The van der Waals surface area contributed by atoms with Crippen LogP contribution in [0, 0.1) is 24.0 Å². The zero-order chi connectivity index (χ0) is 17.3. The lowest BCUT2D eigenvalue weighted by Gasteiger charge is -2.07. The molecule has 0 aliphatic carbocycles. The van der Waals surface area contributed by atoms with Crippen molar-refractivity contribution < 1.29 is 9.72 Å². The van der Waals surface area contributed by atoms with Gasteiger partial charge in [0.25, 0.3) is 11.6 Å². The van der Waals surface area contributed by atoms with E-state index < -0.39 is 4.92 Å². The quantitative estimate of drug-likeness (QED) is 0.579. The number of hydrogen-bond donors (Lipinski definition) is 1. The standard InChI is InChI=1S/C15H13N5O3S/c1-9-7-14(16-15(21)13-8-10(2)24-18-13)19(17-9)11-3-5-12(6-4-11)20(22)23/h3-8H,1-2H3,(H,16,21). The topological polar surface area (TPSA) is 103 Å². The molecule has 122 valence electrons. The van der Waals surface area contributed by atoms with Gasteiger partial charge < -0.3 is 5.32 Å². The zero-order valence-electron chi connectivity index (χ0n) is 12.9. The molecule has 3 aromatic rings. The van der Waals surface area contributed by atoms with Crippen molar-refractivity contribution in [2.24, 2.45) is 0 Å². The molecule has 0 aliphatic heterocycles. The molecule has 9 heteroatoms. The molecule has 2 heterocycles. The van der Waals surface area contributed by atoms with Gasteiger partial charge >= 0.3 is 0 Å². The van der Waals surface area contributed by atoms with Crippen molar-refractivity contribution in [1.82, 2.24) is 14.2 Å². The number of nitro groups is 1. The number of nitro benzene ring substituents is 1. The van der Waals surface area contributed by atoms with Gasteiger partial charge in [-0.25, -0.2) is 4.68 Å². The van der Waals surface area contributed by atoms with E-state index in [1.165, 1.54) is 28.3 Å². The summed E-state index contributed by atoms with van der Waals surface area (Å²) in [7, 11) is 0. The Morgan fingerprint density at radius 2 is 1.96 bits per heavy atom. The fourth-order valence-electron chi connectivity index (χ4n) is 2.15. The van der Waals surface area contributed by atoms with E-state index in [0.717, 1.165) is 4.88 Å². The Bertz CT molecular complexity index is 914. The van der Waals surface area contributed by atoms with Crippen LogP contribution in [0.5, 0.6) is 0 Å². The van der Waals surface area contributed by atoms with E-state index in [-0.39, 0.29) is 11.6 Å². The Morgan fingerprint density at radius 1 is 1.25 bits per heavy atom. The number of rotatable bonds is 4. The molecular formula is C15H13N5O3S. The summed E-state index contributed by atoms with van der Waals surface area (Å²) in [5, 5.41) is 17.8. The second-order valence-electron chi connectivity index (χ2n) is 5.13. The Kier molecular flexibility index (Phi) is 4.09. The van der Waals surface area contributed by atoms with Gasteiger partial charge in [-0.3, -0.25) is 14.9 Å². The number of hydrogen-bond acceptors (Lipinski definition) is 6. The van der Waals surface area contributed by atoms with Gasteiger partial charge in [0, 0.05) is 23.1 Å². The van der Waals surface area contributed by atoms with Crippen LogP contribution in [0.3, 0.4) is 0 Å². The van der Waals surface area contributed by atoms with Crippen molar-refractivity contribution in [3.8, 4) is 5.69 Å². The Labute approximate surface area is 141 Å². The number of nitrogens with zero attached hydrogens (tertiary/aromatic N) is 4. The van der Waals surface area contributed by atoms with Crippen molar-refractivity contribution >= 4 is 28.9 Å². The SMILES string of the molecule is Cc1cc(NC(=O)c2cc(C)sn2)n(-c2ccc([N+](=O)[O-])cc2)n1. The third-order valence-corrected chi connectivity index (χ3v) is 3.93. The molecule has 2 aromatic heterocycles. The monoisotopic (exact) mass is 343 g/mol. The Balaban J connectivity index is 1.90. The summed E-state index contributed by atoms with van der Waals surface area (Å²) in [5.41, 5.74) is 1.65. The van der Waals surface area contributed by atoms with Crippen LogP contribution >= 0.6 is 11.5 Å². The number of carbonyl (C=O) groups excluding carboxylic acids is 1. The average Bonchev–Trinajstić information content (AvgIpc) is 3.13. The van der Waals surface area contributed by atoms with Crippen LogP contribution in [0.15, 0.2) is 36.4 Å². The van der Waals surface area contributed by atoms with Gasteiger partial charge in [0.05, 0.1) is 16.3 Å². The predicted molar refractivity (Wildman–Crippen MR) is 89.8 cm³/mol. The fourth-order valence-corrected chi connectivity index (χ4v) is 2.70. The lowest BCUT2D eigenvalue weighted by Crippen LogP contribution is -2.15. The number of aromatic nitrogens is 3. The van der Waals surface area contributed by atoms with Gasteiger partial charge in [-0.15, -0.1) is 0 Å². The highest BCUT2D eigenvalue weighted by molar-refractivity contribution is 7.05. The minimum Gasteiger partial charge on any atom is -0.305 e. The normalized spacial score (nSPS) is 10.6. The summed E-state index contributed by atoms with van der Waals surface area (Å²) in [6.07, 6.45) is 0. The largest absolute Gasteiger partial charge is 0.305 e. The van der Waals surface area contributed by atoms with Gasteiger partial charge in [0.1, 0.15) is 11.5 Å². The number of carbonyl (C=O) groups is 1. The summed E-state index contributed by atoms with van der Waals surface area (Å²) < 4.78 is 5.60. The maximum Gasteiger partial charge on any atom is 0.276 e. The molecule has 0 saturated carbocycles. The van der Waals surface area contributed by atoms with E-state index in [2.05, 4.69) is 14.8 Å². The molecule has 0 atom stereocenters. The molecule has 0 saturated heterocycles. The van der Waals surface area contributed by atoms with Crippen molar-refractivity contribution in [3.05, 3.63) is 62.8 Å². The number of anilines is 1. The third-order valence-electron chi connectivity index (χ3n) is 3.24. The van der Waals surface area contributed by atoms with E-state index in [0.29, 0.717) is 22.9 Å². The maximum atomic E-state index is 12.3. The molecule has 0 radical (unpaired) electrons. The summed E-state index contributed by atoms with van der Waals surface area (Å²) in [6.45, 7) is 3.67. The molecule has 1 aromatic carbocycles. The van der Waals surface area contributed by atoms with Gasteiger partial charge in [0.2, 0.25) is 0 Å². The van der Waals surface area contributed by atoms with Crippen molar-refractivity contribution in [1.29, 1.82) is 0 Å². The molecule has 24 heavy (non-hydrogen) atoms. The van der Waals surface area contributed by atoms with Crippen LogP contribution in [0.2, 0.25) is 0 Å². The summed E-state index contributed by atoms with van der Waals surface area (Å²) in [5.74, 6) is 0.138. The molecule has 0 bridgehead atoms. The highest BCUT2D eigenvalue weighted by Crippen LogP contribution is 2.21. The van der Waals surface area contributed by atoms with Crippen LogP contribution < -0.4 is 5.32 Å². The first-order valence-electron chi connectivity index (χ1n) is 7.00. The van der Waals surface area contributed by atoms with E-state index in [4.69, 9.17) is 0 Å². The molecule has 1 N–H and O–H groups in total. The van der Waals surface area contributed by atoms with Gasteiger partial charge in [-0.2, -0.15) is 9.47 Å². The molecule has 0 fully saturated rings. The van der Waals surface area contributed by atoms with Gasteiger partial charge in [-0.05, 0) is 43.6 Å². The van der Waals surface area contributed by atoms with Crippen LogP contribution in [0.25, 0.3) is 5.69 Å². The molecule has 0 unspecified atom stereocenters. The van der Waals surface area contributed by atoms with Crippen LogP contribution in [-0.4, -0.2) is 25.0 Å². The summed E-state index contributed by atoms with van der Waals surface area (Å²) >= 11 is 1.26. The van der Waals surface area contributed by atoms with Crippen LogP contribution in [-0.2, 0) is 0 Å². The Hall–Kier alpha value is -3.07. The maximum absolute atomic E-state index is 12.3. The smallest absolute Gasteiger partial charge is 0.276 e. The van der Waals surface area contributed by atoms with Crippen molar-refractivity contribution in [3.63, 3.8) is 0 Å². The fraction of sp³-hybridized carbons (Fsp3) is 0.133. The summed E-state index contributed by atoms with van der Waals surface area (Å²) in [6, 6.07) is 9.36. The molecule has 8 nitrogen and oxygen atoms in total. The molecule has 0 aliphatic rings. The summed E-state index contributed by atoms with van der Waals surface area (Å²) in [4.78, 5) is 23.5. The number of non-ortho nitro benzene ring substituents is 1. The van der Waals surface area contributed by atoms with Crippen molar-refractivity contribution in [2.45, 2.75) is 13.8 Å². The average molecular weight is 343 g/mol. The molecule has 3 rings (SSSR count). The highest BCUT2D eigenvalue weighted by Gasteiger charge is 2.15.